The predicted octanol–water partition coefficient (Wildman–Crippen LogP) is 2.64. The molecule has 1 aliphatic rings. The molecule has 0 saturated heterocycles. The predicted molar refractivity (Wildman–Crippen MR) is 85.0 cm³/mol. The Balaban J connectivity index is 1.91. The maximum Gasteiger partial charge on any atom is 0.168 e. The van der Waals surface area contributed by atoms with Crippen LogP contribution in [0.15, 0.2) is 42.5 Å². The number of hydrogen-bond donors (Lipinski definition) is 3. The summed E-state index contributed by atoms with van der Waals surface area (Å²) in [6, 6.07) is 13.5. The van der Waals surface area contributed by atoms with Crippen LogP contribution in [0.4, 0.5) is 17.1 Å². The number of nitrogens with two attached hydrogens (primary N) is 2. The highest BCUT2D eigenvalue weighted by Gasteiger charge is 2.37. The molecule has 0 amide bonds. The zero-order valence-electron chi connectivity index (χ0n) is 11.2. The fraction of sp³-hybridized carbons (Fsp3) is 0.200. The van der Waals surface area contributed by atoms with Crippen LogP contribution in [0.5, 0.6) is 0 Å². The number of halogens is 1. The van der Waals surface area contributed by atoms with Crippen LogP contribution in [0.3, 0.4) is 0 Å². The van der Waals surface area contributed by atoms with Gasteiger partial charge in [0.05, 0.1) is 11.4 Å². The Bertz CT molecular complexity index is 658. The number of benzene rings is 2. The van der Waals surface area contributed by atoms with Crippen LogP contribution in [0.2, 0.25) is 5.02 Å². The molecule has 0 saturated carbocycles. The Morgan fingerprint density at radius 1 is 1.25 bits per heavy atom. The van der Waals surface area contributed by atoms with Crippen molar-refractivity contribution in [1.82, 2.24) is 0 Å². The van der Waals surface area contributed by atoms with Crippen LogP contribution in [0.1, 0.15) is 5.56 Å². The molecular formula is C15H17ClN4. The van der Waals surface area contributed by atoms with Crippen molar-refractivity contribution in [3.8, 4) is 0 Å². The van der Waals surface area contributed by atoms with Crippen molar-refractivity contribution < 1.29 is 0 Å². The summed E-state index contributed by atoms with van der Waals surface area (Å²) in [5, 5.41) is 4.07. The van der Waals surface area contributed by atoms with E-state index < -0.39 is 5.79 Å². The van der Waals surface area contributed by atoms with Gasteiger partial charge in [-0.25, -0.2) is 0 Å². The summed E-state index contributed by atoms with van der Waals surface area (Å²) in [6.45, 7) is 0. The molecular weight excluding hydrogens is 272 g/mol. The molecule has 0 fully saturated rings. The molecule has 2 aromatic rings. The number of nitrogens with one attached hydrogen (secondary N) is 1. The van der Waals surface area contributed by atoms with Gasteiger partial charge in [-0.15, -0.1) is 0 Å². The monoisotopic (exact) mass is 288 g/mol. The highest BCUT2D eigenvalue weighted by atomic mass is 35.5. The number of rotatable bonds is 2. The summed E-state index contributed by atoms with van der Waals surface area (Å²) in [5.41, 5.74) is 16.1. The molecule has 0 bridgehead atoms. The fourth-order valence-electron chi connectivity index (χ4n) is 2.60. The van der Waals surface area contributed by atoms with E-state index >= 15 is 0 Å². The number of nitrogen functional groups attached to an aromatic ring is 1. The Morgan fingerprint density at radius 3 is 2.80 bits per heavy atom. The van der Waals surface area contributed by atoms with Crippen LogP contribution in [-0.4, -0.2) is 12.8 Å². The first kappa shape index (κ1) is 13.1. The molecule has 0 spiro atoms. The normalized spacial score (nSPS) is 20.6. The Labute approximate surface area is 123 Å². The van der Waals surface area contributed by atoms with Gasteiger partial charge < -0.3 is 16.0 Å². The van der Waals surface area contributed by atoms with E-state index in [-0.39, 0.29) is 0 Å². The average molecular weight is 289 g/mol. The molecule has 1 atom stereocenters. The van der Waals surface area contributed by atoms with Crippen molar-refractivity contribution in [3.63, 3.8) is 0 Å². The highest BCUT2D eigenvalue weighted by molar-refractivity contribution is 6.30. The second kappa shape index (κ2) is 4.58. The van der Waals surface area contributed by atoms with Crippen molar-refractivity contribution in [1.29, 1.82) is 0 Å². The second-order valence-electron chi connectivity index (χ2n) is 5.19. The summed E-state index contributed by atoms with van der Waals surface area (Å²) < 4.78 is 0. The Hall–Kier alpha value is -1.91. The smallest absolute Gasteiger partial charge is 0.168 e. The number of nitrogens with zero attached hydrogens (tertiary/aromatic N) is 1. The maximum atomic E-state index is 6.52. The highest BCUT2D eigenvalue weighted by Crippen LogP contribution is 2.39. The molecule has 5 N–H and O–H groups in total. The van der Waals surface area contributed by atoms with Gasteiger partial charge >= 0.3 is 0 Å². The summed E-state index contributed by atoms with van der Waals surface area (Å²) >= 11 is 6.03. The van der Waals surface area contributed by atoms with Crippen molar-refractivity contribution in [2.24, 2.45) is 5.73 Å². The van der Waals surface area contributed by atoms with Crippen LogP contribution in [-0.2, 0) is 6.42 Å². The van der Waals surface area contributed by atoms with E-state index in [1.54, 1.807) is 0 Å². The van der Waals surface area contributed by atoms with Gasteiger partial charge in [-0.05, 0) is 35.9 Å². The minimum atomic E-state index is -0.680. The lowest BCUT2D eigenvalue weighted by Gasteiger charge is -2.34. The molecule has 1 unspecified atom stereocenters. The first-order valence-corrected chi connectivity index (χ1v) is 6.81. The number of anilines is 3. The molecule has 104 valence electrons. The lowest BCUT2D eigenvalue weighted by atomic mass is 10.1. The topological polar surface area (TPSA) is 67.3 Å². The summed E-state index contributed by atoms with van der Waals surface area (Å²) in [4.78, 5) is 2.03. The molecule has 0 radical (unpaired) electrons. The zero-order valence-corrected chi connectivity index (χ0v) is 12.0. The van der Waals surface area contributed by atoms with Gasteiger partial charge in [0.1, 0.15) is 0 Å². The van der Waals surface area contributed by atoms with Gasteiger partial charge in [-0.2, -0.15) is 0 Å². The standard InChI is InChI=1S/C15H17ClN4/c1-20-14-6-5-12(17)8-13(14)19-15(20,18)9-10-3-2-4-11(16)7-10/h2-8,19H,9,17-18H2,1H3. The summed E-state index contributed by atoms with van der Waals surface area (Å²) in [5.74, 6) is -0.680. The molecule has 0 aromatic heterocycles. The quantitative estimate of drug-likeness (QED) is 0.743. The van der Waals surface area contributed by atoms with Crippen molar-refractivity contribution in [2.45, 2.75) is 12.2 Å². The summed E-state index contributed by atoms with van der Waals surface area (Å²) in [7, 11) is 1.97. The second-order valence-corrected chi connectivity index (χ2v) is 5.63. The average Bonchev–Trinajstić information content (AvgIpc) is 2.60. The third-order valence-electron chi connectivity index (χ3n) is 3.69. The van der Waals surface area contributed by atoms with Crippen molar-refractivity contribution in [2.75, 3.05) is 23.0 Å². The molecule has 0 aliphatic carbocycles. The van der Waals surface area contributed by atoms with Gasteiger partial charge in [-0.1, -0.05) is 23.7 Å². The zero-order chi connectivity index (χ0) is 14.3. The van der Waals surface area contributed by atoms with Gasteiger partial charge in [0, 0.05) is 24.2 Å². The Morgan fingerprint density at radius 2 is 2.05 bits per heavy atom. The van der Waals surface area contributed by atoms with Crippen molar-refractivity contribution >= 4 is 28.7 Å². The third kappa shape index (κ3) is 2.17. The minimum absolute atomic E-state index is 0.638. The van der Waals surface area contributed by atoms with Gasteiger partial charge in [0.2, 0.25) is 0 Å². The van der Waals surface area contributed by atoms with Gasteiger partial charge in [-0.3, -0.25) is 5.73 Å². The molecule has 20 heavy (non-hydrogen) atoms. The van der Waals surface area contributed by atoms with Crippen LogP contribution < -0.4 is 21.7 Å². The van der Waals surface area contributed by atoms with E-state index in [1.807, 2.05) is 54.4 Å². The molecule has 3 rings (SSSR count). The van der Waals surface area contributed by atoms with Crippen LogP contribution >= 0.6 is 11.6 Å². The van der Waals surface area contributed by atoms with Crippen LogP contribution in [0.25, 0.3) is 0 Å². The third-order valence-corrected chi connectivity index (χ3v) is 3.93. The first-order valence-electron chi connectivity index (χ1n) is 6.43. The Kier molecular flexibility index (Phi) is 3.00. The molecule has 2 aromatic carbocycles. The number of hydrogen-bond acceptors (Lipinski definition) is 4. The van der Waals surface area contributed by atoms with E-state index in [4.69, 9.17) is 23.1 Å². The minimum Gasteiger partial charge on any atom is -0.399 e. The van der Waals surface area contributed by atoms with E-state index in [1.165, 1.54) is 0 Å². The first-order chi connectivity index (χ1) is 9.48. The van der Waals surface area contributed by atoms with E-state index in [9.17, 15) is 0 Å². The SMILES string of the molecule is CN1c2ccc(N)cc2NC1(N)Cc1cccc(Cl)c1. The van der Waals surface area contributed by atoms with E-state index in [0.29, 0.717) is 11.4 Å². The lowest BCUT2D eigenvalue weighted by molar-refractivity contribution is 0.492. The van der Waals surface area contributed by atoms with E-state index in [2.05, 4.69) is 5.32 Å². The number of fused-ring (bicyclic) bond motifs is 1. The molecule has 1 aliphatic heterocycles. The molecule has 5 heteroatoms. The van der Waals surface area contributed by atoms with Crippen molar-refractivity contribution in [3.05, 3.63) is 53.1 Å². The van der Waals surface area contributed by atoms with E-state index in [0.717, 1.165) is 22.6 Å². The largest absolute Gasteiger partial charge is 0.399 e. The van der Waals surface area contributed by atoms with Gasteiger partial charge in [0.15, 0.2) is 5.79 Å². The van der Waals surface area contributed by atoms with Crippen LogP contribution in [0, 0.1) is 0 Å². The maximum absolute atomic E-state index is 6.52. The van der Waals surface area contributed by atoms with Gasteiger partial charge in [0.25, 0.3) is 0 Å². The summed E-state index contributed by atoms with van der Waals surface area (Å²) in [6.07, 6.45) is 0.638. The lowest BCUT2D eigenvalue weighted by Crippen LogP contribution is -2.58. The number of likely N-dealkylation sites (N-methyl/N-ethyl adjacent to an activating group) is 1. The fourth-order valence-corrected chi connectivity index (χ4v) is 2.81. The molecule has 1 heterocycles. The molecule has 4 nitrogen and oxygen atoms in total.